The number of amides is 1. The van der Waals surface area contributed by atoms with Gasteiger partial charge in [0.1, 0.15) is 0 Å². The molecule has 1 saturated carbocycles. The number of halogens is 1. The fraction of sp³-hybridized carbons (Fsp3) is 0.562. The lowest BCUT2D eigenvalue weighted by atomic mass is 9.73. The Labute approximate surface area is 136 Å². The van der Waals surface area contributed by atoms with Gasteiger partial charge < -0.3 is 11.1 Å². The standard InChI is InChI=1S/C16H23ClN2OS/c1-11-5-3-4-8-16(11,10-18)19-15(20)13-9-12(21-2)6-7-14(13)17/h6-7,9,11H,3-5,8,10,18H2,1-2H3,(H,19,20). The molecule has 2 rings (SSSR count). The molecule has 1 fully saturated rings. The van der Waals surface area contributed by atoms with E-state index in [2.05, 4.69) is 12.2 Å². The number of benzene rings is 1. The topological polar surface area (TPSA) is 55.1 Å². The van der Waals surface area contributed by atoms with Gasteiger partial charge in [0.15, 0.2) is 0 Å². The average Bonchev–Trinajstić information content (AvgIpc) is 2.50. The Morgan fingerprint density at radius 1 is 1.52 bits per heavy atom. The zero-order chi connectivity index (χ0) is 15.5. The molecule has 1 aromatic carbocycles. The number of thioether (sulfide) groups is 1. The number of rotatable bonds is 4. The van der Waals surface area contributed by atoms with Gasteiger partial charge in [0.25, 0.3) is 5.91 Å². The molecule has 21 heavy (non-hydrogen) atoms. The molecule has 3 nitrogen and oxygen atoms in total. The second-order valence-electron chi connectivity index (χ2n) is 5.81. The van der Waals surface area contributed by atoms with Gasteiger partial charge in [-0.2, -0.15) is 0 Å². The maximum Gasteiger partial charge on any atom is 0.253 e. The molecule has 0 aromatic heterocycles. The van der Waals surface area contributed by atoms with Gasteiger partial charge in [-0.05, 0) is 43.2 Å². The van der Waals surface area contributed by atoms with E-state index in [-0.39, 0.29) is 11.4 Å². The molecule has 1 aliphatic carbocycles. The van der Waals surface area contributed by atoms with Crippen LogP contribution >= 0.6 is 23.4 Å². The Morgan fingerprint density at radius 3 is 2.90 bits per heavy atom. The van der Waals surface area contributed by atoms with Crippen molar-refractivity contribution in [3.63, 3.8) is 0 Å². The highest BCUT2D eigenvalue weighted by Crippen LogP contribution is 2.33. The smallest absolute Gasteiger partial charge is 0.253 e. The highest BCUT2D eigenvalue weighted by Gasteiger charge is 2.38. The Hall–Kier alpha value is -0.710. The number of hydrogen-bond acceptors (Lipinski definition) is 3. The molecule has 0 spiro atoms. The third-order valence-corrected chi connectivity index (χ3v) is 5.65. The van der Waals surface area contributed by atoms with Crippen LogP contribution in [0.5, 0.6) is 0 Å². The van der Waals surface area contributed by atoms with Gasteiger partial charge in [-0.3, -0.25) is 4.79 Å². The number of nitrogens with one attached hydrogen (secondary N) is 1. The monoisotopic (exact) mass is 326 g/mol. The van der Waals surface area contributed by atoms with E-state index in [4.69, 9.17) is 17.3 Å². The van der Waals surface area contributed by atoms with Crippen LogP contribution in [0.2, 0.25) is 5.02 Å². The minimum absolute atomic E-state index is 0.116. The second kappa shape index (κ2) is 7.03. The Morgan fingerprint density at radius 2 is 2.29 bits per heavy atom. The van der Waals surface area contributed by atoms with Crippen LogP contribution in [-0.2, 0) is 0 Å². The van der Waals surface area contributed by atoms with Crippen LogP contribution in [0.25, 0.3) is 0 Å². The third kappa shape index (κ3) is 3.55. The first-order valence-electron chi connectivity index (χ1n) is 7.38. The molecule has 2 unspecified atom stereocenters. The summed E-state index contributed by atoms with van der Waals surface area (Å²) < 4.78 is 0. The van der Waals surface area contributed by atoms with Gasteiger partial charge in [0, 0.05) is 11.4 Å². The van der Waals surface area contributed by atoms with E-state index < -0.39 is 0 Å². The lowest BCUT2D eigenvalue weighted by molar-refractivity contribution is 0.0812. The predicted molar refractivity (Wildman–Crippen MR) is 90.1 cm³/mol. The first-order chi connectivity index (χ1) is 10.0. The van der Waals surface area contributed by atoms with Crippen molar-refractivity contribution in [2.45, 2.75) is 43.0 Å². The summed E-state index contributed by atoms with van der Waals surface area (Å²) in [6.07, 6.45) is 6.35. The summed E-state index contributed by atoms with van der Waals surface area (Å²) in [5, 5.41) is 3.67. The number of hydrogen-bond donors (Lipinski definition) is 2. The maximum absolute atomic E-state index is 12.7. The highest BCUT2D eigenvalue weighted by molar-refractivity contribution is 7.98. The van der Waals surface area contributed by atoms with Crippen LogP contribution in [0.4, 0.5) is 0 Å². The predicted octanol–water partition coefficient (Wildman–Crippen LogP) is 3.70. The van der Waals surface area contributed by atoms with E-state index in [1.807, 2.05) is 18.4 Å². The van der Waals surface area contributed by atoms with Crippen molar-refractivity contribution in [2.75, 3.05) is 12.8 Å². The molecule has 1 amide bonds. The minimum atomic E-state index is -0.298. The SMILES string of the molecule is CSc1ccc(Cl)c(C(=O)NC2(CN)CCCCC2C)c1. The molecule has 3 N–H and O–H groups in total. The Balaban J connectivity index is 2.23. The molecule has 1 aromatic rings. The number of nitrogens with two attached hydrogens (primary N) is 1. The molecule has 0 saturated heterocycles. The van der Waals surface area contributed by atoms with Crippen molar-refractivity contribution in [1.29, 1.82) is 0 Å². The summed E-state index contributed by atoms with van der Waals surface area (Å²) in [6.45, 7) is 2.64. The number of carbonyl (C=O) groups is 1. The molecule has 2 atom stereocenters. The fourth-order valence-corrected chi connectivity index (χ4v) is 3.70. The lowest BCUT2D eigenvalue weighted by Gasteiger charge is -2.42. The van der Waals surface area contributed by atoms with E-state index in [1.54, 1.807) is 17.8 Å². The van der Waals surface area contributed by atoms with Crippen molar-refractivity contribution < 1.29 is 4.79 Å². The number of carbonyl (C=O) groups excluding carboxylic acids is 1. The van der Waals surface area contributed by atoms with Crippen LogP contribution in [0.3, 0.4) is 0 Å². The molecule has 0 radical (unpaired) electrons. The van der Waals surface area contributed by atoms with Crippen LogP contribution in [-0.4, -0.2) is 24.2 Å². The summed E-state index contributed by atoms with van der Waals surface area (Å²) >= 11 is 7.79. The lowest BCUT2D eigenvalue weighted by Crippen LogP contribution is -2.59. The average molecular weight is 327 g/mol. The fourth-order valence-electron chi connectivity index (χ4n) is 3.05. The van der Waals surface area contributed by atoms with Gasteiger partial charge in [-0.15, -0.1) is 11.8 Å². The zero-order valence-electron chi connectivity index (χ0n) is 12.6. The molecular formula is C16H23ClN2OS. The van der Waals surface area contributed by atoms with Crippen molar-refractivity contribution in [2.24, 2.45) is 11.7 Å². The van der Waals surface area contributed by atoms with Gasteiger partial charge in [-0.1, -0.05) is 31.4 Å². The van der Waals surface area contributed by atoms with Gasteiger partial charge >= 0.3 is 0 Å². The van der Waals surface area contributed by atoms with Crippen LogP contribution < -0.4 is 11.1 Å². The van der Waals surface area contributed by atoms with E-state index in [0.717, 1.165) is 24.2 Å². The summed E-state index contributed by atoms with van der Waals surface area (Å²) in [5.41, 5.74) is 6.24. The van der Waals surface area contributed by atoms with Crippen LogP contribution in [0.15, 0.2) is 23.1 Å². The van der Waals surface area contributed by atoms with Gasteiger partial charge in [0.2, 0.25) is 0 Å². The maximum atomic E-state index is 12.7. The molecule has 0 aliphatic heterocycles. The van der Waals surface area contributed by atoms with Crippen LogP contribution in [0, 0.1) is 5.92 Å². The van der Waals surface area contributed by atoms with Crippen molar-refractivity contribution >= 4 is 29.3 Å². The molecular weight excluding hydrogens is 304 g/mol. The minimum Gasteiger partial charge on any atom is -0.345 e. The largest absolute Gasteiger partial charge is 0.345 e. The second-order valence-corrected chi connectivity index (χ2v) is 7.09. The molecule has 116 valence electrons. The first-order valence-corrected chi connectivity index (χ1v) is 8.99. The normalized spacial score (nSPS) is 25.6. The van der Waals surface area contributed by atoms with Crippen LogP contribution in [0.1, 0.15) is 43.0 Å². The third-order valence-electron chi connectivity index (χ3n) is 4.60. The highest BCUT2D eigenvalue weighted by atomic mass is 35.5. The van der Waals surface area contributed by atoms with Crippen molar-refractivity contribution in [3.05, 3.63) is 28.8 Å². The molecule has 0 heterocycles. The van der Waals surface area contributed by atoms with Crippen molar-refractivity contribution in [1.82, 2.24) is 5.32 Å². The van der Waals surface area contributed by atoms with E-state index in [9.17, 15) is 4.79 Å². The van der Waals surface area contributed by atoms with Gasteiger partial charge in [-0.25, -0.2) is 0 Å². The summed E-state index contributed by atoms with van der Waals surface area (Å²) in [7, 11) is 0. The summed E-state index contributed by atoms with van der Waals surface area (Å²) in [6, 6.07) is 5.55. The molecule has 1 aliphatic rings. The van der Waals surface area contributed by atoms with Crippen molar-refractivity contribution in [3.8, 4) is 0 Å². The summed E-state index contributed by atoms with van der Waals surface area (Å²) in [5.74, 6) is 0.276. The van der Waals surface area contributed by atoms with Gasteiger partial charge in [0.05, 0.1) is 16.1 Å². The Bertz CT molecular complexity index is 523. The van der Waals surface area contributed by atoms with E-state index in [0.29, 0.717) is 23.0 Å². The first kappa shape index (κ1) is 16.7. The Kier molecular flexibility index (Phi) is 5.58. The van der Waals surface area contributed by atoms with E-state index in [1.165, 1.54) is 6.42 Å². The quantitative estimate of drug-likeness (QED) is 0.829. The zero-order valence-corrected chi connectivity index (χ0v) is 14.2. The molecule has 5 heteroatoms. The summed E-state index contributed by atoms with van der Waals surface area (Å²) in [4.78, 5) is 13.7. The van der Waals surface area contributed by atoms with E-state index >= 15 is 0 Å². The molecule has 0 bridgehead atoms.